The Morgan fingerprint density at radius 3 is 2.40 bits per heavy atom. The van der Waals surface area contributed by atoms with E-state index in [0.717, 1.165) is 0 Å². The van der Waals surface area contributed by atoms with E-state index in [1.165, 1.54) is 0 Å². The molecule has 134 valence electrons. The second-order valence-electron chi connectivity index (χ2n) is 5.46. The summed E-state index contributed by atoms with van der Waals surface area (Å²) in [5.74, 6) is 1.67. The largest absolute Gasteiger partial charge is 0.492 e. The first kappa shape index (κ1) is 18.9. The van der Waals surface area contributed by atoms with E-state index in [9.17, 15) is 4.79 Å². The molecule has 1 heterocycles. The summed E-state index contributed by atoms with van der Waals surface area (Å²) in [5.41, 5.74) is 6.06. The lowest BCUT2D eigenvalue weighted by atomic mass is 10.1. The van der Waals surface area contributed by atoms with Crippen LogP contribution >= 0.6 is 12.4 Å². The molecule has 0 aromatic heterocycles. The van der Waals surface area contributed by atoms with E-state index in [-0.39, 0.29) is 24.4 Å². The van der Waals surface area contributed by atoms with Gasteiger partial charge in [0, 0.05) is 12.2 Å². The van der Waals surface area contributed by atoms with Gasteiger partial charge in [0.2, 0.25) is 6.10 Å². The number of hydrogen-bond acceptors (Lipinski definition) is 5. The monoisotopic (exact) mass is 364 g/mol. The Hall–Kier alpha value is -2.44. The zero-order chi connectivity index (χ0) is 16.9. The van der Waals surface area contributed by atoms with Gasteiger partial charge < -0.3 is 25.3 Å². The summed E-state index contributed by atoms with van der Waals surface area (Å²) in [6.45, 7) is 2.72. The Balaban J connectivity index is 0.00000225. The number of carbonyl (C=O) groups excluding carboxylic acids is 1. The lowest BCUT2D eigenvalue weighted by Gasteiger charge is -2.31. The molecule has 3 rings (SSSR count). The number of nitrogens with two attached hydrogens (primary N) is 1. The number of amides is 1. The molecule has 3 N–H and O–H groups in total. The molecule has 25 heavy (non-hydrogen) atoms. The highest BCUT2D eigenvalue weighted by atomic mass is 35.5. The van der Waals surface area contributed by atoms with Crippen molar-refractivity contribution < 1.29 is 19.0 Å². The highest BCUT2D eigenvalue weighted by Crippen LogP contribution is 2.33. The second-order valence-corrected chi connectivity index (χ2v) is 5.46. The zero-order valence-electron chi connectivity index (χ0n) is 13.8. The van der Waals surface area contributed by atoms with Crippen molar-refractivity contribution >= 4 is 24.0 Å². The number of halogens is 1. The summed E-state index contributed by atoms with van der Waals surface area (Å²) in [5, 5.41) is 2.83. The molecular formula is C18H21ClN2O4. The van der Waals surface area contributed by atoms with Gasteiger partial charge in [0.05, 0.1) is 0 Å². The van der Waals surface area contributed by atoms with Crippen molar-refractivity contribution in [2.24, 2.45) is 5.73 Å². The van der Waals surface area contributed by atoms with Crippen LogP contribution in [0.15, 0.2) is 48.5 Å². The molecule has 0 fully saturated rings. The maximum Gasteiger partial charge on any atom is 0.269 e. The van der Waals surface area contributed by atoms with Crippen molar-refractivity contribution in [3.63, 3.8) is 0 Å². The third-order valence-electron chi connectivity index (χ3n) is 3.61. The molecule has 7 heteroatoms. The quantitative estimate of drug-likeness (QED) is 0.852. The number of benzene rings is 2. The molecule has 1 aliphatic rings. The number of carbonyl (C=O) groups is 1. The fraction of sp³-hybridized carbons (Fsp3) is 0.278. The van der Waals surface area contributed by atoms with E-state index in [1.54, 1.807) is 30.3 Å². The first-order chi connectivity index (χ1) is 11.7. The van der Waals surface area contributed by atoms with E-state index in [0.29, 0.717) is 36.1 Å². The molecule has 2 unspecified atom stereocenters. The van der Waals surface area contributed by atoms with Crippen LogP contribution < -0.4 is 25.3 Å². The van der Waals surface area contributed by atoms with Crippen LogP contribution in [0.25, 0.3) is 0 Å². The predicted molar refractivity (Wildman–Crippen MR) is 97.8 cm³/mol. The molecule has 1 aliphatic heterocycles. The fourth-order valence-corrected chi connectivity index (χ4v) is 2.43. The van der Waals surface area contributed by atoms with E-state index >= 15 is 0 Å². The third-order valence-corrected chi connectivity index (χ3v) is 3.61. The average molecular weight is 365 g/mol. The van der Waals surface area contributed by atoms with Gasteiger partial charge in [-0.25, -0.2) is 0 Å². The van der Waals surface area contributed by atoms with E-state index < -0.39 is 6.10 Å². The van der Waals surface area contributed by atoms with Gasteiger partial charge in [-0.3, -0.25) is 4.79 Å². The first-order valence-electron chi connectivity index (χ1n) is 7.83. The van der Waals surface area contributed by atoms with Crippen molar-refractivity contribution in [3.8, 4) is 17.2 Å². The fourth-order valence-electron chi connectivity index (χ4n) is 2.43. The maximum absolute atomic E-state index is 12.5. The van der Waals surface area contributed by atoms with Crippen molar-refractivity contribution in [1.82, 2.24) is 0 Å². The lowest BCUT2D eigenvalue weighted by molar-refractivity contribution is -0.128. The molecule has 2 atom stereocenters. The van der Waals surface area contributed by atoms with Crippen molar-refractivity contribution in [2.45, 2.75) is 19.1 Å². The molecule has 1 amide bonds. The predicted octanol–water partition coefficient (Wildman–Crippen LogP) is 2.61. The van der Waals surface area contributed by atoms with Crippen LogP contribution in [0, 0.1) is 0 Å². The van der Waals surface area contributed by atoms with Gasteiger partial charge in [-0.05, 0) is 43.3 Å². The van der Waals surface area contributed by atoms with Gasteiger partial charge in [0.1, 0.15) is 18.5 Å². The van der Waals surface area contributed by atoms with Crippen LogP contribution in [0.5, 0.6) is 17.2 Å². The zero-order valence-corrected chi connectivity index (χ0v) is 14.6. The van der Waals surface area contributed by atoms with Gasteiger partial charge in [-0.2, -0.15) is 0 Å². The minimum atomic E-state index is -0.715. The van der Waals surface area contributed by atoms with Crippen LogP contribution in [0.2, 0.25) is 0 Å². The SMILES string of the molecule is CC1Oc2ccccc2OC1C(=O)Nc1ccc(OCCN)cc1.Cl. The summed E-state index contributed by atoms with van der Waals surface area (Å²) in [6.07, 6.45) is -1.10. The molecule has 0 spiro atoms. The van der Waals surface area contributed by atoms with Gasteiger partial charge in [0.15, 0.2) is 11.5 Å². The molecule has 0 saturated carbocycles. The number of anilines is 1. The van der Waals surface area contributed by atoms with Gasteiger partial charge in [0.25, 0.3) is 5.91 Å². The molecule has 0 bridgehead atoms. The van der Waals surface area contributed by atoms with Crippen molar-refractivity contribution in [1.29, 1.82) is 0 Å². The maximum atomic E-state index is 12.5. The number of fused-ring (bicyclic) bond motifs is 1. The van der Waals surface area contributed by atoms with E-state index in [4.69, 9.17) is 19.9 Å². The molecule has 0 aliphatic carbocycles. The Morgan fingerprint density at radius 2 is 1.76 bits per heavy atom. The standard InChI is InChI=1S/C18H20N2O4.ClH/c1-12-17(24-16-5-3-2-4-15(16)23-12)18(21)20-13-6-8-14(9-7-13)22-11-10-19;/h2-9,12,17H,10-11,19H2,1H3,(H,20,21);1H. The molecule has 2 aromatic carbocycles. The Bertz CT molecular complexity index is 708. The molecular weight excluding hydrogens is 344 g/mol. The smallest absolute Gasteiger partial charge is 0.269 e. The van der Waals surface area contributed by atoms with Crippen molar-refractivity contribution in [3.05, 3.63) is 48.5 Å². The van der Waals surface area contributed by atoms with Crippen LogP contribution in [0.3, 0.4) is 0 Å². The van der Waals surface area contributed by atoms with Gasteiger partial charge >= 0.3 is 0 Å². The summed E-state index contributed by atoms with van der Waals surface area (Å²) < 4.78 is 16.9. The van der Waals surface area contributed by atoms with E-state index in [2.05, 4.69) is 5.32 Å². The minimum Gasteiger partial charge on any atom is -0.492 e. The first-order valence-corrected chi connectivity index (χ1v) is 7.83. The molecule has 2 aromatic rings. The molecule has 0 radical (unpaired) electrons. The van der Waals surface area contributed by atoms with Crippen LogP contribution in [0.1, 0.15) is 6.92 Å². The number of nitrogens with one attached hydrogen (secondary N) is 1. The highest BCUT2D eigenvalue weighted by Gasteiger charge is 2.34. The third kappa shape index (κ3) is 4.55. The molecule has 0 saturated heterocycles. The summed E-state index contributed by atoms with van der Waals surface area (Å²) >= 11 is 0. The second kappa shape index (κ2) is 8.60. The Labute approximate surface area is 152 Å². The highest BCUT2D eigenvalue weighted by molar-refractivity contribution is 5.95. The normalized spacial score (nSPS) is 18.0. The number of para-hydroxylation sites is 2. The number of hydrogen-bond donors (Lipinski definition) is 2. The summed E-state index contributed by atoms with van der Waals surface area (Å²) in [7, 11) is 0. The van der Waals surface area contributed by atoms with Crippen LogP contribution in [-0.2, 0) is 4.79 Å². The summed E-state index contributed by atoms with van der Waals surface area (Å²) in [4.78, 5) is 12.5. The average Bonchev–Trinajstić information content (AvgIpc) is 2.60. The lowest BCUT2D eigenvalue weighted by Crippen LogP contribution is -2.46. The topological polar surface area (TPSA) is 82.8 Å². The number of ether oxygens (including phenoxy) is 3. The Kier molecular flexibility index (Phi) is 6.50. The van der Waals surface area contributed by atoms with E-state index in [1.807, 2.05) is 25.1 Å². The van der Waals surface area contributed by atoms with Crippen molar-refractivity contribution in [2.75, 3.05) is 18.5 Å². The van der Waals surface area contributed by atoms with Crippen LogP contribution in [-0.4, -0.2) is 31.3 Å². The molecule has 6 nitrogen and oxygen atoms in total. The minimum absolute atomic E-state index is 0. The van der Waals surface area contributed by atoms with Gasteiger partial charge in [-0.1, -0.05) is 12.1 Å². The van der Waals surface area contributed by atoms with Crippen LogP contribution in [0.4, 0.5) is 5.69 Å². The summed E-state index contributed by atoms with van der Waals surface area (Å²) in [6, 6.07) is 14.4. The van der Waals surface area contributed by atoms with Gasteiger partial charge in [-0.15, -0.1) is 12.4 Å². The Morgan fingerprint density at radius 1 is 1.12 bits per heavy atom. The number of rotatable bonds is 5.